The molecule has 0 saturated carbocycles. The van der Waals surface area contributed by atoms with Gasteiger partial charge in [-0.2, -0.15) is 0 Å². The molecule has 0 aliphatic carbocycles. The molecule has 546 valence electrons. The van der Waals surface area contributed by atoms with Crippen molar-refractivity contribution < 1.29 is 119 Å². The average Bonchev–Trinajstić information content (AvgIpc) is 1.67. The summed E-state index contributed by atoms with van der Waals surface area (Å²) in [4.78, 5) is 186. The molecule has 5 amide bonds. The summed E-state index contributed by atoms with van der Waals surface area (Å²) in [7, 11) is 6.53. The molecule has 3 aromatic heterocycles. The van der Waals surface area contributed by atoms with E-state index in [0.29, 0.717) is 42.3 Å². The standard InChI is InChI=1S/C65H81N11O25/c1-32(77)92-30-49-53(94-34(3)79)55(96-36(5)81)57(98-38(7)83)64(100-49)75-27-40(22-45(75)60(86)66-18-15-19-72(9)10)68-61(87)46-23-41(28-76(46)65-58(99-39(8)84)56(97-37(6)82)54(95-35(4)80)50(101-65)31-93-33(2)78)69-62(88)59-71-51(29-73(59)11)70-52(85)17-14-21-91-48-25-44-43(24-47(48)90-12)63(89)74-20-13-16-42(74)26-67-44/h22-29,42,49-50,53-58,64-65H,13-21,30-31H2,1-12H3,(H,66,86)(H,68,87)(H,69,88)(H,70,85)/t42-,49-,50-,53-,54-,55+,56+,57-,58-,64+,65+/m1/s1. The second kappa shape index (κ2) is 33.9. The number of hydrogen-bond donors (Lipinski definition) is 4. The van der Waals surface area contributed by atoms with Crippen LogP contribution in [-0.4, -0.2) is 228 Å². The van der Waals surface area contributed by atoms with Crippen molar-refractivity contribution in [3.63, 3.8) is 0 Å². The number of esters is 8. The molecular weight excluding hydrogens is 1330 g/mol. The number of carbonyl (C=O) groups is 13. The number of rotatable bonds is 28. The van der Waals surface area contributed by atoms with Crippen LogP contribution in [0.1, 0.15) is 142 Å². The van der Waals surface area contributed by atoms with Crippen LogP contribution in [0.25, 0.3) is 0 Å². The number of aromatic nitrogens is 4. The van der Waals surface area contributed by atoms with Crippen molar-refractivity contribution in [1.82, 2.24) is 33.8 Å². The molecule has 0 spiro atoms. The number of carbonyl (C=O) groups excluding carboxylic acids is 13. The molecule has 8 rings (SSSR count). The molecule has 4 aliphatic heterocycles. The molecule has 36 heteroatoms. The number of nitrogens with zero attached hydrogens (tertiary/aromatic N) is 7. The van der Waals surface area contributed by atoms with Crippen LogP contribution in [0.15, 0.2) is 47.8 Å². The quantitative estimate of drug-likeness (QED) is 0.0361. The second-order valence-electron chi connectivity index (χ2n) is 24.1. The Balaban J connectivity index is 1.14. The third kappa shape index (κ3) is 19.6. The van der Waals surface area contributed by atoms with Gasteiger partial charge in [0.05, 0.1) is 42.4 Å². The summed E-state index contributed by atoms with van der Waals surface area (Å²) in [5.74, 6) is -10.7. The molecule has 3 saturated heterocycles. The van der Waals surface area contributed by atoms with Gasteiger partial charge in [0.15, 0.2) is 66.4 Å². The van der Waals surface area contributed by atoms with Gasteiger partial charge in [0, 0.05) is 113 Å². The summed E-state index contributed by atoms with van der Waals surface area (Å²) in [5.41, 5.74) is -0.418. The molecule has 4 aromatic rings. The predicted octanol–water partition coefficient (Wildman–Crippen LogP) is 2.85. The van der Waals surface area contributed by atoms with Gasteiger partial charge < -0.3 is 102 Å². The highest BCUT2D eigenvalue weighted by Gasteiger charge is 2.55. The van der Waals surface area contributed by atoms with Crippen molar-refractivity contribution in [3.05, 3.63) is 65.6 Å². The first-order chi connectivity index (χ1) is 47.9. The number of aliphatic imine (C=N–C) groups is 1. The molecule has 11 atom stereocenters. The Morgan fingerprint density at radius 2 is 1.10 bits per heavy atom. The molecule has 4 aliphatic rings. The van der Waals surface area contributed by atoms with E-state index in [1.165, 1.54) is 37.2 Å². The molecule has 0 unspecified atom stereocenters. The highest BCUT2D eigenvalue weighted by Crippen LogP contribution is 2.41. The Bertz CT molecular complexity index is 3860. The van der Waals surface area contributed by atoms with Crippen LogP contribution in [-0.2, 0) is 97.6 Å². The number of nitrogens with one attached hydrogen (secondary N) is 4. The topological polar surface area (TPSA) is 427 Å². The first-order valence-electron chi connectivity index (χ1n) is 32.0. The van der Waals surface area contributed by atoms with Gasteiger partial charge in [-0.1, -0.05) is 0 Å². The molecule has 7 heterocycles. The number of amides is 5. The normalized spacial score (nSPS) is 22.0. The first-order valence-corrected chi connectivity index (χ1v) is 32.0. The van der Waals surface area contributed by atoms with Gasteiger partial charge in [-0.15, -0.1) is 0 Å². The number of methoxy groups -OCH3 is 1. The van der Waals surface area contributed by atoms with Crippen molar-refractivity contribution in [2.75, 3.05) is 76.6 Å². The highest BCUT2D eigenvalue weighted by atomic mass is 16.7. The smallest absolute Gasteiger partial charge is 0.303 e. The number of hydrogen-bond acceptors (Lipinski definition) is 28. The van der Waals surface area contributed by atoms with E-state index in [1.54, 1.807) is 23.2 Å². The predicted molar refractivity (Wildman–Crippen MR) is 346 cm³/mol. The summed E-state index contributed by atoms with van der Waals surface area (Å²) >= 11 is 0. The van der Waals surface area contributed by atoms with Crippen molar-refractivity contribution in [3.8, 4) is 11.5 Å². The number of aryl methyl sites for hydroxylation is 1. The fourth-order valence-electron chi connectivity index (χ4n) is 11.8. The van der Waals surface area contributed by atoms with Gasteiger partial charge >= 0.3 is 47.8 Å². The van der Waals surface area contributed by atoms with Crippen LogP contribution in [0.4, 0.5) is 22.9 Å². The van der Waals surface area contributed by atoms with E-state index in [4.69, 9.17) is 56.8 Å². The van der Waals surface area contributed by atoms with E-state index in [-0.39, 0.29) is 66.7 Å². The minimum absolute atomic E-state index is 0.0402. The number of benzene rings is 1. The number of ether oxygens (including phenoxy) is 12. The molecule has 0 radical (unpaired) electrons. The SMILES string of the molecule is COc1cc2c(cc1OCCCC(=O)Nc1cn(C)c(C(=O)Nc3cc(C(=O)Nc4cc(C(=O)NCCCN(C)C)n([C@H]5O[C@H](COC(C)=O)[C@@H](OC(C)=O)[C@H](OC(C)=O)[C@H]5OC(C)=O)c4)n([C@H]4O[C@H](COC(C)=O)[C@@H](OC(C)=O)[C@H](OC(C)=O)[C@H]4OC(C)=O)c3)n1)N=C[C@H]1CCCN1C2=O. The maximum absolute atomic E-state index is 15.4. The van der Waals surface area contributed by atoms with Gasteiger partial charge in [0.2, 0.25) is 11.7 Å². The summed E-state index contributed by atoms with van der Waals surface area (Å²) in [6.07, 6.45) is -9.37. The Morgan fingerprint density at radius 3 is 1.60 bits per heavy atom. The van der Waals surface area contributed by atoms with Crippen molar-refractivity contribution in [2.24, 2.45) is 12.0 Å². The minimum Gasteiger partial charge on any atom is -0.493 e. The average molecular weight is 1420 g/mol. The molecule has 3 fully saturated rings. The second-order valence-corrected chi connectivity index (χ2v) is 24.1. The van der Waals surface area contributed by atoms with Gasteiger partial charge in [0.25, 0.3) is 23.6 Å². The molecular formula is C65H81N11O25. The maximum atomic E-state index is 15.4. The monoisotopic (exact) mass is 1420 g/mol. The molecule has 101 heavy (non-hydrogen) atoms. The van der Waals surface area contributed by atoms with E-state index in [0.717, 1.165) is 89.6 Å². The van der Waals surface area contributed by atoms with Crippen molar-refractivity contribution in [2.45, 2.75) is 155 Å². The lowest BCUT2D eigenvalue weighted by atomic mass is 9.97. The van der Waals surface area contributed by atoms with E-state index >= 15 is 4.79 Å². The van der Waals surface area contributed by atoms with Crippen LogP contribution < -0.4 is 30.7 Å². The fraction of sp³-hybridized carbons (Fsp3) is 0.523. The zero-order valence-corrected chi connectivity index (χ0v) is 57.6. The van der Waals surface area contributed by atoms with Gasteiger partial charge in [0.1, 0.15) is 36.8 Å². The Morgan fingerprint density at radius 1 is 0.594 bits per heavy atom. The zero-order chi connectivity index (χ0) is 73.7. The Hall–Kier alpha value is -10.8. The Kier molecular flexibility index (Phi) is 25.5. The lowest BCUT2D eigenvalue weighted by Gasteiger charge is -2.45. The summed E-state index contributed by atoms with van der Waals surface area (Å²) in [6, 6.07) is 5.39. The largest absolute Gasteiger partial charge is 0.493 e. The molecule has 36 nitrogen and oxygen atoms in total. The van der Waals surface area contributed by atoms with Crippen LogP contribution in [0.3, 0.4) is 0 Å². The Labute approximate surface area is 578 Å². The van der Waals surface area contributed by atoms with Crippen molar-refractivity contribution >= 4 is 106 Å². The van der Waals surface area contributed by atoms with Crippen LogP contribution in [0, 0.1) is 0 Å². The molecule has 1 aromatic carbocycles. The van der Waals surface area contributed by atoms with Gasteiger partial charge in [-0.3, -0.25) is 67.3 Å². The fourth-order valence-corrected chi connectivity index (χ4v) is 11.8. The molecule has 4 N–H and O–H groups in total. The van der Waals surface area contributed by atoms with Gasteiger partial charge in [-0.25, -0.2) is 4.98 Å². The number of fused-ring (bicyclic) bond motifs is 2. The minimum atomic E-state index is -1.84. The number of imidazole rings is 1. The number of anilines is 3. The van der Waals surface area contributed by atoms with E-state index in [9.17, 15) is 57.5 Å². The summed E-state index contributed by atoms with van der Waals surface area (Å²) in [6.45, 7) is 8.15. The van der Waals surface area contributed by atoms with Gasteiger partial charge in [-0.05, 0) is 64.5 Å². The molecule has 0 bridgehead atoms. The maximum Gasteiger partial charge on any atom is 0.303 e. The summed E-state index contributed by atoms with van der Waals surface area (Å²) < 4.78 is 72.6. The van der Waals surface area contributed by atoms with Crippen molar-refractivity contribution in [1.29, 1.82) is 0 Å². The third-order valence-electron chi connectivity index (χ3n) is 15.8. The van der Waals surface area contributed by atoms with Crippen LogP contribution >= 0.6 is 0 Å². The van der Waals surface area contributed by atoms with E-state index in [1.807, 2.05) is 19.0 Å². The zero-order valence-electron chi connectivity index (χ0n) is 57.6. The first kappa shape index (κ1) is 76.0. The lowest BCUT2D eigenvalue weighted by Crippen LogP contribution is -2.60. The highest BCUT2D eigenvalue weighted by molar-refractivity contribution is 6.07. The van der Waals surface area contributed by atoms with E-state index in [2.05, 4.69) is 31.2 Å². The van der Waals surface area contributed by atoms with Crippen LogP contribution in [0.2, 0.25) is 0 Å². The lowest BCUT2D eigenvalue weighted by molar-refractivity contribution is -0.268. The van der Waals surface area contributed by atoms with E-state index < -0.39 is 152 Å². The third-order valence-corrected chi connectivity index (χ3v) is 15.8. The van der Waals surface area contributed by atoms with Crippen LogP contribution in [0.5, 0.6) is 11.5 Å². The summed E-state index contributed by atoms with van der Waals surface area (Å²) in [5, 5.41) is 10.8.